The van der Waals surface area contributed by atoms with Gasteiger partial charge >= 0.3 is 0 Å². The molecule has 0 aromatic heterocycles. The molecule has 2 aromatic carbocycles. The SMILES string of the molecule is CS(=O)(=O)c1[c]c(-c2ccc(C#N)cc2)ccc1. The van der Waals surface area contributed by atoms with Gasteiger partial charge in [-0.1, -0.05) is 24.3 Å². The van der Waals surface area contributed by atoms with Gasteiger partial charge in [0.05, 0.1) is 16.5 Å². The third-order valence-electron chi connectivity index (χ3n) is 2.49. The van der Waals surface area contributed by atoms with Crippen molar-refractivity contribution in [3.8, 4) is 17.2 Å². The number of rotatable bonds is 2. The molecule has 0 spiro atoms. The van der Waals surface area contributed by atoms with Crippen LogP contribution in [-0.4, -0.2) is 14.7 Å². The normalized spacial score (nSPS) is 10.9. The first-order chi connectivity index (χ1) is 8.50. The van der Waals surface area contributed by atoms with Crippen LogP contribution in [0.2, 0.25) is 0 Å². The zero-order chi connectivity index (χ0) is 13.2. The molecule has 0 aliphatic rings. The maximum absolute atomic E-state index is 11.4. The summed E-state index contributed by atoms with van der Waals surface area (Å²) in [7, 11) is -3.25. The Hall–Kier alpha value is -2.12. The Bertz CT molecular complexity index is 710. The van der Waals surface area contributed by atoms with Gasteiger partial charge in [-0.3, -0.25) is 0 Å². The Labute approximate surface area is 106 Å². The van der Waals surface area contributed by atoms with Crippen LogP contribution >= 0.6 is 0 Å². The highest BCUT2D eigenvalue weighted by atomic mass is 32.2. The van der Waals surface area contributed by atoms with Crippen LogP contribution in [0.15, 0.2) is 47.4 Å². The lowest BCUT2D eigenvalue weighted by Gasteiger charge is -2.03. The van der Waals surface area contributed by atoms with E-state index in [0.717, 1.165) is 11.8 Å². The molecule has 0 N–H and O–H groups in total. The van der Waals surface area contributed by atoms with Gasteiger partial charge in [-0.2, -0.15) is 5.26 Å². The topological polar surface area (TPSA) is 57.9 Å². The van der Waals surface area contributed by atoms with Gasteiger partial charge < -0.3 is 0 Å². The number of benzene rings is 2. The zero-order valence-electron chi connectivity index (χ0n) is 9.71. The van der Waals surface area contributed by atoms with Gasteiger partial charge in [0, 0.05) is 12.3 Å². The van der Waals surface area contributed by atoms with Crippen LogP contribution in [0.4, 0.5) is 0 Å². The molecule has 0 saturated carbocycles. The predicted octanol–water partition coefficient (Wildman–Crippen LogP) is 2.43. The summed E-state index contributed by atoms with van der Waals surface area (Å²) in [5, 5.41) is 8.71. The van der Waals surface area contributed by atoms with E-state index in [2.05, 4.69) is 6.07 Å². The van der Waals surface area contributed by atoms with Crippen LogP contribution in [0.25, 0.3) is 11.1 Å². The molecule has 0 heterocycles. The van der Waals surface area contributed by atoms with Gasteiger partial charge in [-0.05, 0) is 29.3 Å². The van der Waals surface area contributed by atoms with E-state index in [-0.39, 0.29) is 4.90 Å². The standard InChI is InChI=1S/C14H10NO2S/c1-18(16,17)14-4-2-3-13(9-14)12-7-5-11(10-15)6-8-12/h2-8H,1H3. The van der Waals surface area contributed by atoms with E-state index in [9.17, 15) is 8.42 Å². The van der Waals surface area contributed by atoms with Crippen LogP contribution in [-0.2, 0) is 9.84 Å². The summed E-state index contributed by atoms with van der Waals surface area (Å²) in [6.45, 7) is 0. The van der Waals surface area contributed by atoms with Gasteiger partial charge in [0.2, 0.25) is 0 Å². The Morgan fingerprint density at radius 1 is 1.11 bits per heavy atom. The van der Waals surface area contributed by atoms with Crippen LogP contribution in [0.1, 0.15) is 5.56 Å². The summed E-state index contributed by atoms with van der Waals surface area (Å²) in [6, 6.07) is 16.8. The molecule has 0 saturated heterocycles. The smallest absolute Gasteiger partial charge is 0.176 e. The second-order valence-corrected chi connectivity index (χ2v) is 5.87. The highest BCUT2D eigenvalue weighted by Gasteiger charge is 2.08. The van der Waals surface area contributed by atoms with E-state index in [1.165, 1.54) is 6.07 Å². The summed E-state index contributed by atoms with van der Waals surface area (Å²) in [5.41, 5.74) is 2.10. The van der Waals surface area contributed by atoms with Gasteiger partial charge in [0.1, 0.15) is 0 Å². The van der Waals surface area contributed by atoms with E-state index in [1.54, 1.807) is 36.4 Å². The number of sulfone groups is 1. The van der Waals surface area contributed by atoms with Crippen molar-refractivity contribution >= 4 is 9.84 Å². The fraction of sp³-hybridized carbons (Fsp3) is 0.0714. The first-order valence-electron chi connectivity index (χ1n) is 5.23. The van der Waals surface area contributed by atoms with Crippen molar-refractivity contribution in [2.45, 2.75) is 4.90 Å². The van der Waals surface area contributed by atoms with Crippen LogP contribution in [0.5, 0.6) is 0 Å². The Morgan fingerprint density at radius 3 is 2.33 bits per heavy atom. The van der Waals surface area contributed by atoms with Crippen molar-refractivity contribution in [2.24, 2.45) is 0 Å². The molecular formula is C14H10NO2S. The second-order valence-electron chi connectivity index (χ2n) is 3.89. The summed E-state index contributed by atoms with van der Waals surface area (Å²) < 4.78 is 22.9. The largest absolute Gasteiger partial charge is 0.224 e. The minimum absolute atomic E-state index is 0.171. The third-order valence-corrected chi connectivity index (χ3v) is 3.53. The average Bonchev–Trinajstić information content (AvgIpc) is 2.38. The highest BCUT2D eigenvalue weighted by molar-refractivity contribution is 7.90. The Kier molecular flexibility index (Phi) is 3.17. The molecule has 0 aliphatic heterocycles. The minimum Gasteiger partial charge on any atom is -0.224 e. The fourth-order valence-corrected chi connectivity index (χ4v) is 2.18. The molecule has 2 aromatic rings. The highest BCUT2D eigenvalue weighted by Crippen LogP contribution is 2.22. The van der Waals surface area contributed by atoms with E-state index < -0.39 is 9.84 Å². The number of hydrogen-bond acceptors (Lipinski definition) is 3. The van der Waals surface area contributed by atoms with E-state index in [1.807, 2.05) is 6.07 Å². The lowest BCUT2D eigenvalue weighted by Crippen LogP contribution is -1.97. The van der Waals surface area contributed by atoms with Crippen molar-refractivity contribution in [3.63, 3.8) is 0 Å². The molecule has 0 unspecified atom stereocenters. The molecule has 1 radical (unpaired) electrons. The number of hydrogen-bond donors (Lipinski definition) is 0. The number of nitrogens with zero attached hydrogens (tertiary/aromatic N) is 1. The maximum atomic E-state index is 11.4. The molecule has 3 nitrogen and oxygen atoms in total. The maximum Gasteiger partial charge on any atom is 0.176 e. The number of nitriles is 1. The summed E-state index contributed by atoms with van der Waals surface area (Å²) >= 11 is 0. The average molecular weight is 256 g/mol. The Morgan fingerprint density at radius 2 is 1.78 bits per heavy atom. The molecule has 0 aliphatic carbocycles. The molecule has 2 rings (SSSR count). The Balaban J connectivity index is 2.48. The van der Waals surface area contributed by atoms with E-state index in [4.69, 9.17) is 5.26 Å². The van der Waals surface area contributed by atoms with Crippen molar-refractivity contribution in [1.29, 1.82) is 5.26 Å². The van der Waals surface area contributed by atoms with Gasteiger partial charge in [0.25, 0.3) is 0 Å². The lowest BCUT2D eigenvalue weighted by molar-refractivity contribution is 0.602. The fourth-order valence-electron chi connectivity index (χ4n) is 1.56. The lowest BCUT2D eigenvalue weighted by atomic mass is 10.0. The quantitative estimate of drug-likeness (QED) is 0.829. The molecular weight excluding hydrogens is 246 g/mol. The summed E-state index contributed by atoms with van der Waals surface area (Å²) in [5.74, 6) is 0. The molecule has 0 atom stereocenters. The van der Waals surface area contributed by atoms with Crippen molar-refractivity contribution in [2.75, 3.05) is 6.26 Å². The monoisotopic (exact) mass is 256 g/mol. The van der Waals surface area contributed by atoms with Gasteiger partial charge in [-0.25, -0.2) is 8.42 Å². The van der Waals surface area contributed by atoms with E-state index in [0.29, 0.717) is 11.1 Å². The molecule has 0 amide bonds. The van der Waals surface area contributed by atoms with Crippen molar-refractivity contribution in [1.82, 2.24) is 0 Å². The molecule has 89 valence electrons. The molecule has 4 heteroatoms. The summed E-state index contributed by atoms with van der Waals surface area (Å²) in [4.78, 5) is 0.171. The third kappa shape index (κ3) is 2.58. The van der Waals surface area contributed by atoms with Gasteiger partial charge in [-0.15, -0.1) is 0 Å². The predicted molar refractivity (Wildman–Crippen MR) is 68.5 cm³/mol. The zero-order valence-corrected chi connectivity index (χ0v) is 10.5. The molecule has 0 bridgehead atoms. The minimum atomic E-state index is -3.25. The van der Waals surface area contributed by atoms with Crippen LogP contribution in [0.3, 0.4) is 0 Å². The van der Waals surface area contributed by atoms with Crippen molar-refractivity contribution < 1.29 is 8.42 Å². The van der Waals surface area contributed by atoms with Crippen LogP contribution in [0, 0.1) is 17.4 Å². The van der Waals surface area contributed by atoms with Gasteiger partial charge in [0.15, 0.2) is 9.84 Å². The first kappa shape index (κ1) is 12.3. The first-order valence-corrected chi connectivity index (χ1v) is 7.13. The molecule has 0 fully saturated rings. The summed E-state index contributed by atoms with van der Waals surface area (Å²) in [6.07, 6.45) is 1.15. The van der Waals surface area contributed by atoms with Crippen LogP contribution < -0.4 is 0 Å². The second kappa shape index (κ2) is 4.63. The molecule has 18 heavy (non-hydrogen) atoms. The van der Waals surface area contributed by atoms with Crippen molar-refractivity contribution in [3.05, 3.63) is 54.1 Å². The van der Waals surface area contributed by atoms with E-state index >= 15 is 0 Å².